The van der Waals surface area contributed by atoms with Gasteiger partial charge in [0.25, 0.3) is 5.56 Å². The van der Waals surface area contributed by atoms with Crippen LogP contribution in [0.5, 0.6) is 0 Å². The van der Waals surface area contributed by atoms with Crippen molar-refractivity contribution in [2.75, 3.05) is 27.9 Å². The zero-order valence-electron chi connectivity index (χ0n) is 11.7. The molecule has 0 unspecified atom stereocenters. The van der Waals surface area contributed by atoms with Gasteiger partial charge in [0.15, 0.2) is 6.29 Å². The average Bonchev–Trinajstić information content (AvgIpc) is 2.41. The van der Waals surface area contributed by atoms with Gasteiger partial charge in [-0.05, 0) is 6.42 Å². The van der Waals surface area contributed by atoms with Crippen LogP contribution in [0.3, 0.4) is 0 Å². The summed E-state index contributed by atoms with van der Waals surface area (Å²) >= 11 is 0. The quantitative estimate of drug-likeness (QED) is 0.511. The van der Waals surface area contributed by atoms with Crippen LogP contribution < -0.4 is 11.2 Å². The summed E-state index contributed by atoms with van der Waals surface area (Å²) in [7, 11) is 5.94. The summed E-state index contributed by atoms with van der Waals surface area (Å²) < 4.78 is 17.7. The van der Waals surface area contributed by atoms with Crippen LogP contribution in [0.25, 0.3) is 0 Å². The lowest BCUT2D eigenvalue weighted by Crippen LogP contribution is -2.40. The molecule has 0 amide bonds. The number of nitrogens with zero attached hydrogens (tertiary/aromatic N) is 2. The third kappa shape index (κ3) is 3.52. The average molecular weight is 272 g/mol. The van der Waals surface area contributed by atoms with Crippen LogP contribution in [0.1, 0.15) is 18.4 Å². The first-order valence-corrected chi connectivity index (χ1v) is 5.92. The van der Waals surface area contributed by atoms with Crippen molar-refractivity contribution >= 4 is 0 Å². The number of hydrogen-bond donors (Lipinski definition) is 0. The molecule has 1 rings (SSSR count). The second kappa shape index (κ2) is 7.22. The van der Waals surface area contributed by atoms with Gasteiger partial charge in [-0.1, -0.05) is 0 Å². The summed E-state index contributed by atoms with van der Waals surface area (Å²) in [6, 6.07) is 1.35. The van der Waals surface area contributed by atoms with Gasteiger partial charge >= 0.3 is 5.69 Å². The van der Waals surface area contributed by atoms with E-state index >= 15 is 0 Å². The van der Waals surface area contributed by atoms with Crippen molar-refractivity contribution in [1.82, 2.24) is 9.13 Å². The molecule has 108 valence electrons. The molecule has 0 atom stereocenters. The fourth-order valence-electron chi connectivity index (χ4n) is 1.81. The summed E-state index contributed by atoms with van der Waals surface area (Å²) in [6.07, 6.45) is -0.0916. The number of aromatic nitrogens is 2. The van der Waals surface area contributed by atoms with Gasteiger partial charge in [0.2, 0.25) is 0 Å². The highest BCUT2D eigenvalue weighted by molar-refractivity contribution is 5.04. The first-order valence-electron chi connectivity index (χ1n) is 5.92. The van der Waals surface area contributed by atoms with Crippen LogP contribution in [-0.2, 0) is 27.8 Å². The van der Waals surface area contributed by atoms with Gasteiger partial charge < -0.3 is 14.2 Å². The number of rotatable bonds is 7. The number of ether oxygens (including phenoxy) is 3. The van der Waals surface area contributed by atoms with Crippen molar-refractivity contribution in [3.05, 3.63) is 32.6 Å². The minimum absolute atomic E-state index is 0.387. The molecule has 0 aliphatic heterocycles. The van der Waals surface area contributed by atoms with Gasteiger partial charge in [-0.15, -0.1) is 0 Å². The van der Waals surface area contributed by atoms with E-state index < -0.39 is 12.0 Å². The zero-order valence-corrected chi connectivity index (χ0v) is 11.7. The monoisotopic (exact) mass is 272 g/mol. The van der Waals surface area contributed by atoms with Crippen molar-refractivity contribution in [3.63, 3.8) is 0 Å². The SMILES string of the molecule is COCCCn1c(C(OC)OC)cc(=O)n(C)c1=O. The Kier molecular flexibility index (Phi) is 5.94. The molecule has 7 nitrogen and oxygen atoms in total. The lowest BCUT2D eigenvalue weighted by atomic mass is 10.3. The molecule has 19 heavy (non-hydrogen) atoms. The molecule has 0 saturated carbocycles. The Balaban J connectivity index is 3.26. The van der Waals surface area contributed by atoms with E-state index in [1.807, 2.05) is 0 Å². The third-order valence-corrected chi connectivity index (χ3v) is 2.83. The van der Waals surface area contributed by atoms with E-state index in [9.17, 15) is 9.59 Å². The zero-order chi connectivity index (χ0) is 14.4. The summed E-state index contributed by atoms with van der Waals surface area (Å²) in [4.78, 5) is 23.8. The first kappa shape index (κ1) is 15.6. The number of hydrogen-bond acceptors (Lipinski definition) is 5. The maximum Gasteiger partial charge on any atom is 0.331 e. The van der Waals surface area contributed by atoms with Crippen molar-refractivity contribution in [2.24, 2.45) is 7.05 Å². The van der Waals surface area contributed by atoms with Crippen LogP contribution in [0, 0.1) is 0 Å². The van der Waals surface area contributed by atoms with E-state index in [0.717, 1.165) is 4.57 Å². The second-order valence-corrected chi connectivity index (χ2v) is 4.05. The molecule has 0 aliphatic rings. The van der Waals surface area contributed by atoms with Gasteiger partial charge in [-0.25, -0.2) is 4.79 Å². The van der Waals surface area contributed by atoms with Crippen LogP contribution in [-0.4, -0.2) is 37.1 Å². The Bertz CT molecular complexity index is 516. The predicted molar refractivity (Wildman–Crippen MR) is 69.2 cm³/mol. The van der Waals surface area contributed by atoms with E-state index in [1.54, 1.807) is 7.11 Å². The van der Waals surface area contributed by atoms with E-state index in [0.29, 0.717) is 25.3 Å². The minimum Gasteiger partial charge on any atom is -0.385 e. The van der Waals surface area contributed by atoms with Gasteiger partial charge in [-0.2, -0.15) is 0 Å². The van der Waals surface area contributed by atoms with Gasteiger partial charge in [0, 0.05) is 47.6 Å². The lowest BCUT2D eigenvalue weighted by molar-refractivity contribution is -0.111. The second-order valence-electron chi connectivity index (χ2n) is 4.05. The molecule has 0 bridgehead atoms. The summed E-state index contributed by atoms with van der Waals surface area (Å²) in [5.74, 6) is 0. The smallest absolute Gasteiger partial charge is 0.331 e. The molecular weight excluding hydrogens is 252 g/mol. The van der Waals surface area contributed by atoms with E-state index in [2.05, 4.69) is 0 Å². The molecule has 0 aliphatic carbocycles. The Morgan fingerprint density at radius 2 is 1.84 bits per heavy atom. The van der Waals surface area contributed by atoms with E-state index in [-0.39, 0.29) is 5.56 Å². The highest BCUT2D eigenvalue weighted by Gasteiger charge is 2.17. The van der Waals surface area contributed by atoms with Crippen molar-refractivity contribution in [2.45, 2.75) is 19.3 Å². The highest BCUT2D eigenvalue weighted by Crippen LogP contribution is 2.14. The van der Waals surface area contributed by atoms with Gasteiger partial charge in [0.05, 0.1) is 5.69 Å². The molecule has 0 radical (unpaired) electrons. The molecule has 0 spiro atoms. The fourth-order valence-corrected chi connectivity index (χ4v) is 1.81. The van der Waals surface area contributed by atoms with Crippen LogP contribution >= 0.6 is 0 Å². The maximum absolute atomic E-state index is 12.1. The fraction of sp³-hybridized carbons (Fsp3) is 0.667. The summed E-state index contributed by atoms with van der Waals surface area (Å²) in [6.45, 7) is 0.957. The predicted octanol–water partition coefficient (Wildman–Crippen LogP) is -0.125. The first-order chi connectivity index (χ1) is 9.06. The largest absolute Gasteiger partial charge is 0.385 e. The molecule has 0 saturated heterocycles. The number of methoxy groups -OCH3 is 3. The Morgan fingerprint density at radius 3 is 2.37 bits per heavy atom. The molecule has 7 heteroatoms. The Labute approximate surface area is 111 Å². The molecule has 1 heterocycles. The van der Waals surface area contributed by atoms with E-state index in [1.165, 1.54) is 31.9 Å². The Hall–Kier alpha value is -1.44. The van der Waals surface area contributed by atoms with Crippen molar-refractivity contribution < 1.29 is 14.2 Å². The van der Waals surface area contributed by atoms with Crippen LogP contribution in [0.2, 0.25) is 0 Å². The molecule has 1 aromatic heterocycles. The lowest BCUT2D eigenvalue weighted by Gasteiger charge is -2.19. The Morgan fingerprint density at radius 1 is 1.21 bits per heavy atom. The van der Waals surface area contributed by atoms with Crippen LogP contribution in [0.4, 0.5) is 0 Å². The molecule has 0 aromatic carbocycles. The van der Waals surface area contributed by atoms with Crippen LogP contribution in [0.15, 0.2) is 15.7 Å². The third-order valence-electron chi connectivity index (χ3n) is 2.83. The van der Waals surface area contributed by atoms with E-state index in [4.69, 9.17) is 14.2 Å². The normalized spacial score (nSPS) is 11.2. The summed E-state index contributed by atoms with van der Waals surface area (Å²) in [5, 5.41) is 0. The molecule has 1 aromatic rings. The standard InChI is InChI=1S/C12H20N2O5/c1-13-10(15)8-9(11(18-3)19-4)14(12(13)16)6-5-7-17-2/h8,11H,5-7H2,1-4H3. The molecular formula is C12H20N2O5. The van der Waals surface area contributed by atoms with Crippen molar-refractivity contribution in [3.8, 4) is 0 Å². The van der Waals surface area contributed by atoms with Gasteiger partial charge in [-0.3, -0.25) is 13.9 Å². The van der Waals surface area contributed by atoms with Crippen molar-refractivity contribution in [1.29, 1.82) is 0 Å². The topological polar surface area (TPSA) is 71.7 Å². The summed E-state index contributed by atoms with van der Waals surface area (Å²) in [5.41, 5.74) is -0.367. The highest BCUT2D eigenvalue weighted by atomic mass is 16.7. The minimum atomic E-state index is -0.746. The molecule has 0 fully saturated rings. The van der Waals surface area contributed by atoms with Gasteiger partial charge in [0.1, 0.15) is 0 Å². The maximum atomic E-state index is 12.1. The molecule has 0 N–H and O–H groups in total.